The van der Waals surface area contributed by atoms with Gasteiger partial charge in [0.15, 0.2) is 0 Å². The zero-order chi connectivity index (χ0) is 15.7. The Morgan fingerprint density at radius 2 is 1.76 bits per heavy atom. The van der Waals surface area contributed by atoms with Crippen molar-refractivity contribution in [2.45, 2.75) is 59.0 Å². The number of amides is 1. The van der Waals surface area contributed by atoms with Gasteiger partial charge in [-0.1, -0.05) is 58.0 Å². The van der Waals surface area contributed by atoms with E-state index in [1.54, 1.807) is 0 Å². The van der Waals surface area contributed by atoms with E-state index in [1.165, 1.54) is 5.56 Å². The lowest BCUT2D eigenvalue weighted by Gasteiger charge is -2.21. The molecule has 0 aliphatic rings. The molecule has 21 heavy (non-hydrogen) atoms. The second-order valence-electron chi connectivity index (χ2n) is 6.37. The van der Waals surface area contributed by atoms with Crippen LogP contribution in [0.15, 0.2) is 30.3 Å². The van der Waals surface area contributed by atoms with Crippen LogP contribution in [0.3, 0.4) is 0 Å². The van der Waals surface area contributed by atoms with Gasteiger partial charge in [-0.15, -0.1) is 0 Å². The molecule has 3 nitrogen and oxygen atoms in total. The third kappa shape index (κ3) is 7.86. The summed E-state index contributed by atoms with van der Waals surface area (Å²) in [5, 5.41) is 6.52. The van der Waals surface area contributed by atoms with Crippen LogP contribution >= 0.6 is 0 Å². The van der Waals surface area contributed by atoms with Gasteiger partial charge in [0.05, 0.1) is 6.04 Å². The maximum Gasteiger partial charge on any atom is 0.220 e. The Morgan fingerprint density at radius 1 is 1.10 bits per heavy atom. The fraction of sp³-hybridized carbons (Fsp3) is 0.611. The monoisotopic (exact) mass is 290 g/mol. The second-order valence-corrected chi connectivity index (χ2v) is 6.37. The molecule has 0 heterocycles. The summed E-state index contributed by atoms with van der Waals surface area (Å²) in [6, 6.07) is 10.8. The van der Waals surface area contributed by atoms with Crippen molar-refractivity contribution in [3.8, 4) is 0 Å². The quantitative estimate of drug-likeness (QED) is 0.681. The topological polar surface area (TPSA) is 41.1 Å². The van der Waals surface area contributed by atoms with E-state index < -0.39 is 0 Å². The Hall–Kier alpha value is -1.35. The lowest BCUT2D eigenvalue weighted by molar-refractivity contribution is -0.122. The van der Waals surface area contributed by atoms with E-state index in [0.717, 1.165) is 19.4 Å². The van der Waals surface area contributed by atoms with Gasteiger partial charge in [-0.3, -0.25) is 4.79 Å². The first kappa shape index (κ1) is 17.7. The highest BCUT2D eigenvalue weighted by molar-refractivity contribution is 5.76. The van der Waals surface area contributed by atoms with Crippen LogP contribution in [0.25, 0.3) is 0 Å². The Morgan fingerprint density at radius 3 is 2.33 bits per heavy atom. The molecule has 0 aromatic heterocycles. The number of carbonyl (C=O) groups is 1. The summed E-state index contributed by atoms with van der Waals surface area (Å²) >= 11 is 0. The summed E-state index contributed by atoms with van der Waals surface area (Å²) in [6.07, 6.45) is 2.44. The first-order chi connectivity index (χ1) is 9.99. The van der Waals surface area contributed by atoms with E-state index in [-0.39, 0.29) is 11.9 Å². The summed E-state index contributed by atoms with van der Waals surface area (Å²) in [6.45, 7) is 9.51. The molecule has 0 radical (unpaired) electrons. The minimum Gasteiger partial charge on any atom is -0.349 e. The molecule has 1 rings (SSSR count). The lowest BCUT2D eigenvalue weighted by Crippen LogP contribution is -2.30. The smallest absolute Gasteiger partial charge is 0.220 e. The molecular weight excluding hydrogens is 260 g/mol. The van der Waals surface area contributed by atoms with Crippen molar-refractivity contribution < 1.29 is 4.79 Å². The molecule has 0 bridgehead atoms. The van der Waals surface area contributed by atoms with Crippen molar-refractivity contribution >= 4 is 5.91 Å². The fourth-order valence-electron chi connectivity index (χ4n) is 2.34. The van der Waals surface area contributed by atoms with E-state index in [1.807, 2.05) is 18.2 Å². The van der Waals surface area contributed by atoms with Crippen LogP contribution in [0.4, 0.5) is 0 Å². The normalized spacial score (nSPS) is 12.7. The number of benzene rings is 1. The standard InChI is InChI=1S/C18H30N2O/c1-14(2)13-17(16-9-6-5-7-10-16)20-18(21)11-8-12-19-15(3)4/h5-7,9-10,14-15,17,19H,8,11-13H2,1-4H3,(H,20,21). The largest absolute Gasteiger partial charge is 0.349 e. The van der Waals surface area contributed by atoms with Gasteiger partial charge in [0.1, 0.15) is 0 Å². The van der Waals surface area contributed by atoms with Gasteiger partial charge < -0.3 is 10.6 Å². The SMILES string of the molecule is CC(C)CC(NC(=O)CCCNC(C)C)c1ccccc1. The summed E-state index contributed by atoms with van der Waals surface area (Å²) in [5.41, 5.74) is 1.19. The molecule has 1 aromatic carbocycles. The molecule has 0 aliphatic heterocycles. The molecule has 118 valence electrons. The van der Waals surface area contributed by atoms with Gasteiger partial charge >= 0.3 is 0 Å². The minimum atomic E-state index is 0.122. The summed E-state index contributed by atoms with van der Waals surface area (Å²) in [5.74, 6) is 0.702. The third-order valence-corrected chi connectivity index (χ3v) is 3.38. The molecule has 0 saturated heterocycles. The molecule has 0 saturated carbocycles. The number of rotatable bonds is 9. The highest BCUT2D eigenvalue weighted by Crippen LogP contribution is 2.21. The summed E-state index contributed by atoms with van der Waals surface area (Å²) in [4.78, 5) is 12.1. The average Bonchev–Trinajstić information content (AvgIpc) is 2.43. The molecule has 0 aliphatic carbocycles. The van der Waals surface area contributed by atoms with Crippen LogP contribution in [0, 0.1) is 5.92 Å². The predicted molar refractivity (Wildman–Crippen MR) is 89.2 cm³/mol. The first-order valence-corrected chi connectivity index (χ1v) is 8.06. The van der Waals surface area contributed by atoms with Crippen molar-refractivity contribution in [3.05, 3.63) is 35.9 Å². The molecule has 1 amide bonds. The maximum atomic E-state index is 12.1. The first-order valence-electron chi connectivity index (χ1n) is 8.06. The Labute approximate surface area is 129 Å². The molecule has 2 N–H and O–H groups in total. The number of hydrogen-bond donors (Lipinski definition) is 2. The van der Waals surface area contributed by atoms with E-state index in [4.69, 9.17) is 0 Å². The third-order valence-electron chi connectivity index (χ3n) is 3.38. The van der Waals surface area contributed by atoms with Crippen molar-refractivity contribution in [2.24, 2.45) is 5.92 Å². The van der Waals surface area contributed by atoms with Crippen LogP contribution in [0.2, 0.25) is 0 Å². The van der Waals surface area contributed by atoms with Crippen molar-refractivity contribution in [1.82, 2.24) is 10.6 Å². The molecule has 0 spiro atoms. The van der Waals surface area contributed by atoms with Crippen molar-refractivity contribution in [1.29, 1.82) is 0 Å². The van der Waals surface area contributed by atoms with E-state index in [0.29, 0.717) is 18.4 Å². The summed E-state index contributed by atoms with van der Waals surface area (Å²) < 4.78 is 0. The zero-order valence-corrected chi connectivity index (χ0v) is 13.9. The Bertz CT molecular complexity index is 401. The van der Waals surface area contributed by atoms with Crippen LogP contribution in [-0.2, 0) is 4.79 Å². The van der Waals surface area contributed by atoms with Gasteiger partial charge in [-0.25, -0.2) is 0 Å². The second kappa shape index (κ2) is 9.56. The predicted octanol–water partition coefficient (Wildman–Crippen LogP) is 3.67. The van der Waals surface area contributed by atoms with Gasteiger partial charge in [0, 0.05) is 12.5 Å². The minimum absolute atomic E-state index is 0.122. The molecule has 0 fully saturated rings. The van der Waals surface area contributed by atoms with Crippen molar-refractivity contribution in [3.63, 3.8) is 0 Å². The van der Waals surface area contributed by atoms with Crippen LogP contribution in [0.5, 0.6) is 0 Å². The van der Waals surface area contributed by atoms with Crippen LogP contribution < -0.4 is 10.6 Å². The van der Waals surface area contributed by atoms with Gasteiger partial charge in [-0.2, -0.15) is 0 Å². The van der Waals surface area contributed by atoms with E-state index in [9.17, 15) is 4.79 Å². The van der Waals surface area contributed by atoms with Crippen molar-refractivity contribution in [2.75, 3.05) is 6.54 Å². The maximum absolute atomic E-state index is 12.1. The van der Waals surface area contributed by atoms with Crippen LogP contribution in [-0.4, -0.2) is 18.5 Å². The zero-order valence-electron chi connectivity index (χ0n) is 13.9. The number of carbonyl (C=O) groups excluding carboxylic acids is 1. The lowest BCUT2D eigenvalue weighted by atomic mass is 9.97. The molecule has 1 aromatic rings. The van der Waals surface area contributed by atoms with E-state index >= 15 is 0 Å². The van der Waals surface area contributed by atoms with Crippen LogP contribution in [0.1, 0.15) is 58.6 Å². The molecule has 3 heteroatoms. The molecule has 1 atom stereocenters. The molecular formula is C18H30N2O. The fourth-order valence-corrected chi connectivity index (χ4v) is 2.34. The number of hydrogen-bond acceptors (Lipinski definition) is 2. The summed E-state index contributed by atoms with van der Waals surface area (Å²) in [7, 11) is 0. The Balaban J connectivity index is 2.47. The molecule has 1 unspecified atom stereocenters. The van der Waals surface area contributed by atoms with E-state index in [2.05, 4.69) is 50.5 Å². The average molecular weight is 290 g/mol. The van der Waals surface area contributed by atoms with Gasteiger partial charge in [0.25, 0.3) is 0 Å². The number of nitrogens with one attached hydrogen (secondary N) is 2. The Kier molecular flexibility index (Phi) is 8.06. The highest BCUT2D eigenvalue weighted by Gasteiger charge is 2.15. The highest BCUT2D eigenvalue weighted by atomic mass is 16.1. The van der Waals surface area contributed by atoms with Gasteiger partial charge in [-0.05, 0) is 30.9 Å². The van der Waals surface area contributed by atoms with Gasteiger partial charge in [0.2, 0.25) is 5.91 Å².